The van der Waals surface area contributed by atoms with E-state index in [-0.39, 0.29) is 23.3 Å². The molecule has 0 bridgehead atoms. The van der Waals surface area contributed by atoms with Crippen LogP contribution in [0.5, 0.6) is 0 Å². The lowest BCUT2D eigenvalue weighted by molar-refractivity contribution is 0.0523. The quantitative estimate of drug-likeness (QED) is 0.693. The molecule has 0 spiro atoms. The number of benzene rings is 1. The van der Waals surface area contributed by atoms with Gasteiger partial charge in [0.15, 0.2) is 5.69 Å². The Bertz CT molecular complexity index is 943. The smallest absolute Gasteiger partial charge is 0.407 e. The van der Waals surface area contributed by atoms with Crippen molar-refractivity contribution >= 4 is 17.9 Å². The Morgan fingerprint density at radius 3 is 2.37 bits per heavy atom. The number of aromatic nitrogens is 2. The highest BCUT2D eigenvalue weighted by atomic mass is 16.6. The molecule has 1 aliphatic rings. The SMILES string of the molecule is C[C@@H]1Cn2cnc(C(=O)NCc3ccc(CNC(=O)OC(C)(C)C)cc3)c2C(=O)N1. The molecule has 1 aromatic heterocycles. The molecule has 30 heavy (non-hydrogen) atoms. The number of hydrogen-bond donors (Lipinski definition) is 3. The van der Waals surface area contributed by atoms with Gasteiger partial charge in [-0.1, -0.05) is 24.3 Å². The molecular formula is C21H27N5O4. The van der Waals surface area contributed by atoms with Crippen molar-refractivity contribution in [3.05, 3.63) is 53.1 Å². The van der Waals surface area contributed by atoms with Crippen LogP contribution in [0.25, 0.3) is 0 Å². The van der Waals surface area contributed by atoms with Crippen LogP contribution >= 0.6 is 0 Å². The zero-order valence-electron chi connectivity index (χ0n) is 17.6. The lowest BCUT2D eigenvalue weighted by atomic mass is 10.1. The molecule has 0 saturated heterocycles. The number of amides is 3. The topological polar surface area (TPSA) is 114 Å². The molecule has 2 aromatic rings. The molecule has 1 aromatic carbocycles. The van der Waals surface area contributed by atoms with Gasteiger partial charge in [-0.2, -0.15) is 0 Å². The van der Waals surface area contributed by atoms with E-state index >= 15 is 0 Å². The van der Waals surface area contributed by atoms with Gasteiger partial charge in [0.2, 0.25) is 0 Å². The summed E-state index contributed by atoms with van der Waals surface area (Å²) < 4.78 is 6.90. The summed E-state index contributed by atoms with van der Waals surface area (Å²) in [6.07, 6.45) is 1.05. The van der Waals surface area contributed by atoms with Crippen molar-refractivity contribution in [2.75, 3.05) is 0 Å². The van der Waals surface area contributed by atoms with Crippen molar-refractivity contribution in [2.45, 2.75) is 59.0 Å². The van der Waals surface area contributed by atoms with Crippen molar-refractivity contribution in [3.8, 4) is 0 Å². The van der Waals surface area contributed by atoms with Crippen LogP contribution in [0.3, 0.4) is 0 Å². The average Bonchev–Trinajstić information content (AvgIpc) is 3.08. The van der Waals surface area contributed by atoms with E-state index in [1.54, 1.807) is 4.57 Å². The van der Waals surface area contributed by atoms with Crippen molar-refractivity contribution in [1.82, 2.24) is 25.5 Å². The van der Waals surface area contributed by atoms with E-state index in [4.69, 9.17) is 4.74 Å². The second kappa shape index (κ2) is 8.56. The van der Waals surface area contributed by atoms with Crippen LogP contribution in [-0.2, 0) is 24.4 Å². The fourth-order valence-electron chi connectivity index (χ4n) is 3.09. The Kier molecular flexibility index (Phi) is 6.09. The largest absolute Gasteiger partial charge is 0.444 e. The molecule has 3 amide bonds. The zero-order chi connectivity index (χ0) is 21.9. The number of rotatable bonds is 5. The molecule has 160 valence electrons. The number of nitrogens with zero attached hydrogens (tertiary/aromatic N) is 2. The fourth-order valence-corrected chi connectivity index (χ4v) is 3.09. The number of imidazole rings is 1. The van der Waals surface area contributed by atoms with Crippen LogP contribution in [0.15, 0.2) is 30.6 Å². The van der Waals surface area contributed by atoms with Crippen molar-refractivity contribution in [1.29, 1.82) is 0 Å². The summed E-state index contributed by atoms with van der Waals surface area (Å²) in [5.74, 6) is -0.692. The summed E-state index contributed by atoms with van der Waals surface area (Å²) in [7, 11) is 0. The number of alkyl carbamates (subject to hydrolysis) is 1. The minimum Gasteiger partial charge on any atom is -0.444 e. The Morgan fingerprint density at radius 1 is 1.17 bits per heavy atom. The Hall–Kier alpha value is -3.36. The second-order valence-electron chi connectivity index (χ2n) is 8.32. The summed E-state index contributed by atoms with van der Waals surface area (Å²) in [4.78, 5) is 40.5. The number of carbonyl (C=O) groups is 3. The van der Waals surface area contributed by atoms with Gasteiger partial charge in [-0.3, -0.25) is 9.59 Å². The van der Waals surface area contributed by atoms with Crippen LogP contribution < -0.4 is 16.0 Å². The molecule has 1 aliphatic heterocycles. The van der Waals surface area contributed by atoms with Gasteiger partial charge in [0.25, 0.3) is 11.8 Å². The number of fused-ring (bicyclic) bond motifs is 1. The normalized spacial score (nSPS) is 15.7. The highest BCUT2D eigenvalue weighted by Crippen LogP contribution is 2.14. The standard InChI is InChI=1S/C21H27N5O4/c1-13-11-26-12-24-16(17(26)19(28)25-13)18(27)22-9-14-5-7-15(8-6-14)10-23-20(29)30-21(2,3)4/h5-8,12-13H,9-11H2,1-4H3,(H,22,27)(H,23,29)(H,25,28)/t13-/m1/s1. The van der Waals surface area contributed by atoms with E-state index in [0.29, 0.717) is 19.6 Å². The molecule has 1 atom stereocenters. The van der Waals surface area contributed by atoms with Gasteiger partial charge in [0, 0.05) is 25.7 Å². The Morgan fingerprint density at radius 2 is 1.77 bits per heavy atom. The molecular weight excluding hydrogens is 386 g/mol. The van der Waals surface area contributed by atoms with Crippen LogP contribution in [0.4, 0.5) is 4.79 Å². The van der Waals surface area contributed by atoms with E-state index in [1.165, 1.54) is 6.33 Å². The van der Waals surface area contributed by atoms with E-state index < -0.39 is 17.6 Å². The highest BCUT2D eigenvalue weighted by Gasteiger charge is 2.28. The monoisotopic (exact) mass is 413 g/mol. The van der Waals surface area contributed by atoms with Crippen molar-refractivity contribution in [2.24, 2.45) is 0 Å². The molecule has 0 radical (unpaired) electrons. The minimum atomic E-state index is -0.542. The molecule has 0 unspecified atom stereocenters. The van der Waals surface area contributed by atoms with Crippen molar-refractivity contribution < 1.29 is 19.1 Å². The maximum atomic E-state index is 12.5. The lowest BCUT2D eigenvalue weighted by Crippen LogP contribution is -2.43. The molecule has 9 nitrogen and oxygen atoms in total. The molecule has 2 heterocycles. The summed E-state index contributed by atoms with van der Waals surface area (Å²) in [6.45, 7) is 8.54. The van der Waals surface area contributed by atoms with Crippen LogP contribution in [0.2, 0.25) is 0 Å². The third-order valence-electron chi connectivity index (χ3n) is 4.43. The Balaban J connectivity index is 1.53. The molecule has 0 saturated carbocycles. The third kappa shape index (κ3) is 5.37. The molecule has 3 N–H and O–H groups in total. The molecule has 0 aliphatic carbocycles. The van der Waals surface area contributed by atoms with E-state index in [2.05, 4.69) is 20.9 Å². The van der Waals surface area contributed by atoms with Gasteiger partial charge in [-0.15, -0.1) is 0 Å². The molecule has 9 heteroatoms. The summed E-state index contributed by atoms with van der Waals surface area (Å²) in [5.41, 5.74) is 1.66. The third-order valence-corrected chi connectivity index (χ3v) is 4.43. The van der Waals surface area contributed by atoms with Crippen LogP contribution in [0, 0.1) is 0 Å². The van der Waals surface area contributed by atoms with Gasteiger partial charge < -0.3 is 25.3 Å². The van der Waals surface area contributed by atoms with E-state index in [1.807, 2.05) is 52.0 Å². The second-order valence-corrected chi connectivity index (χ2v) is 8.32. The molecule has 3 rings (SSSR count). The first kappa shape index (κ1) is 21.4. The summed E-state index contributed by atoms with van der Waals surface area (Å²) in [6, 6.07) is 7.46. The maximum Gasteiger partial charge on any atom is 0.407 e. The minimum absolute atomic E-state index is 0.00145. The van der Waals surface area contributed by atoms with E-state index in [0.717, 1.165) is 11.1 Å². The lowest BCUT2D eigenvalue weighted by Gasteiger charge is -2.22. The van der Waals surface area contributed by atoms with Gasteiger partial charge in [-0.25, -0.2) is 9.78 Å². The van der Waals surface area contributed by atoms with Crippen molar-refractivity contribution in [3.63, 3.8) is 0 Å². The molecule has 0 fully saturated rings. The van der Waals surface area contributed by atoms with Crippen LogP contribution in [-0.4, -0.2) is 39.1 Å². The number of ether oxygens (including phenoxy) is 1. The number of carbonyl (C=O) groups excluding carboxylic acids is 3. The first-order valence-corrected chi connectivity index (χ1v) is 9.81. The highest BCUT2D eigenvalue weighted by molar-refractivity contribution is 6.05. The van der Waals surface area contributed by atoms with Gasteiger partial charge >= 0.3 is 6.09 Å². The zero-order valence-corrected chi connectivity index (χ0v) is 17.6. The summed E-state index contributed by atoms with van der Waals surface area (Å²) in [5, 5.41) is 8.31. The maximum absolute atomic E-state index is 12.5. The first-order chi connectivity index (χ1) is 14.1. The van der Waals surface area contributed by atoms with E-state index in [9.17, 15) is 14.4 Å². The summed E-state index contributed by atoms with van der Waals surface area (Å²) >= 11 is 0. The number of nitrogens with one attached hydrogen (secondary N) is 3. The van der Waals surface area contributed by atoms with Crippen LogP contribution in [0.1, 0.15) is 59.8 Å². The van der Waals surface area contributed by atoms with Gasteiger partial charge in [-0.05, 0) is 38.8 Å². The number of hydrogen-bond acceptors (Lipinski definition) is 5. The average molecular weight is 413 g/mol. The first-order valence-electron chi connectivity index (χ1n) is 9.81. The fraction of sp³-hybridized carbons (Fsp3) is 0.429. The predicted molar refractivity (Wildman–Crippen MR) is 110 cm³/mol. The Labute approximate surface area is 175 Å². The van der Waals surface area contributed by atoms with Gasteiger partial charge in [0.05, 0.1) is 6.33 Å². The van der Waals surface area contributed by atoms with Gasteiger partial charge in [0.1, 0.15) is 11.3 Å². The predicted octanol–water partition coefficient (Wildman–Crippen LogP) is 1.97.